The van der Waals surface area contributed by atoms with Crippen molar-refractivity contribution in [1.29, 1.82) is 0 Å². The van der Waals surface area contributed by atoms with E-state index in [2.05, 4.69) is 10.3 Å². The number of hydrogen-bond acceptors (Lipinski definition) is 3. The number of rotatable bonds is 4. The Kier molecular flexibility index (Phi) is 4.59. The fourth-order valence-corrected chi connectivity index (χ4v) is 4.43. The monoisotopic (exact) mass is 408 g/mol. The van der Waals surface area contributed by atoms with E-state index < -0.39 is 23.7 Å². The second-order valence-corrected chi connectivity index (χ2v) is 8.05. The van der Waals surface area contributed by atoms with E-state index in [0.29, 0.717) is 17.9 Å². The van der Waals surface area contributed by atoms with Gasteiger partial charge in [-0.2, -0.15) is 13.2 Å². The Hall–Kier alpha value is -2.58. The molecule has 1 aliphatic carbocycles. The van der Waals surface area contributed by atoms with Gasteiger partial charge in [-0.25, -0.2) is 4.98 Å². The SMILES string of the molecule is Cc1ccc2c(nc3n2C(NC(=O)CCC2CCCC2)(C(F)(F)F)C(=O)N3)c1C. The van der Waals surface area contributed by atoms with Gasteiger partial charge in [0.1, 0.15) is 0 Å². The van der Waals surface area contributed by atoms with Gasteiger partial charge in [0.15, 0.2) is 0 Å². The van der Waals surface area contributed by atoms with Gasteiger partial charge in [0.2, 0.25) is 11.9 Å². The zero-order chi connectivity index (χ0) is 21.0. The van der Waals surface area contributed by atoms with E-state index in [1.807, 2.05) is 12.2 Å². The molecule has 0 bridgehead atoms. The highest BCUT2D eigenvalue weighted by Gasteiger charge is 2.67. The number of fused-ring (bicyclic) bond motifs is 3. The van der Waals surface area contributed by atoms with Gasteiger partial charge in [-0.1, -0.05) is 31.7 Å². The Labute approximate surface area is 165 Å². The predicted octanol–water partition coefficient (Wildman–Crippen LogP) is 3.91. The molecule has 156 valence electrons. The summed E-state index contributed by atoms with van der Waals surface area (Å²) in [5, 5.41) is 4.23. The minimum absolute atomic E-state index is 0.0458. The number of anilines is 1. The van der Waals surface area contributed by atoms with Gasteiger partial charge in [-0.3, -0.25) is 19.5 Å². The first-order chi connectivity index (χ1) is 13.6. The average molecular weight is 408 g/mol. The Morgan fingerprint density at radius 1 is 1.31 bits per heavy atom. The first-order valence-electron chi connectivity index (χ1n) is 9.83. The van der Waals surface area contributed by atoms with E-state index in [4.69, 9.17) is 0 Å². The summed E-state index contributed by atoms with van der Waals surface area (Å²) in [6.07, 6.45) is -0.403. The van der Waals surface area contributed by atoms with Crippen LogP contribution in [0.25, 0.3) is 11.0 Å². The third-order valence-electron chi connectivity index (χ3n) is 6.23. The van der Waals surface area contributed by atoms with Gasteiger partial charge in [0, 0.05) is 6.42 Å². The summed E-state index contributed by atoms with van der Waals surface area (Å²) in [6, 6.07) is 3.18. The van der Waals surface area contributed by atoms with E-state index in [9.17, 15) is 22.8 Å². The number of nitrogens with one attached hydrogen (secondary N) is 2. The fourth-order valence-electron chi connectivity index (χ4n) is 4.43. The normalized spacial score (nSPS) is 22.2. The maximum Gasteiger partial charge on any atom is 0.440 e. The molecule has 2 aliphatic rings. The molecule has 1 saturated carbocycles. The first-order valence-corrected chi connectivity index (χ1v) is 9.83. The lowest BCUT2D eigenvalue weighted by molar-refractivity contribution is -0.217. The van der Waals surface area contributed by atoms with E-state index >= 15 is 0 Å². The largest absolute Gasteiger partial charge is 0.440 e. The molecular formula is C20H23F3N4O2. The Balaban J connectivity index is 1.74. The van der Waals surface area contributed by atoms with Crippen LogP contribution >= 0.6 is 0 Å². The van der Waals surface area contributed by atoms with Crippen molar-refractivity contribution in [2.45, 2.75) is 64.2 Å². The molecule has 2 heterocycles. The van der Waals surface area contributed by atoms with Crippen LogP contribution in [0.5, 0.6) is 0 Å². The van der Waals surface area contributed by atoms with Crippen LogP contribution in [-0.4, -0.2) is 27.5 Å². The van der Waals surface area contributed by atoms with E-state index in [1.54, 1.807) is 13.0 Å². The molecule has 9 heteroatoms. The minimum Gasteiger partial charge on any atom is -0.317 e. The number of aromatic nitrogens is 2. The second kappa shape index (κ2) is 6.74. The molecular weight excluding hydrogens is 385 g/mol. The van der Waals surface area contributed by atoms with Crippen LogP contribution < -0.4 is 10.6 Å². The highest BCUT2D eigenvalue weighted by molar-refractivity contribution is 6.05. The number of carbonyl (C=O) groups excluding carboxylic acids is 2. The predicted molar refractivity (Wildman–Crippen MR) is 101 cm³/mol. The zero-order valence-corrected chi connectivity index (χ0v) is 16.3. The summed E-state index contributed by atoms with van der Waals surface area (Å²) in [5.41, 5.74) is -1.09. The summed E-state index contributed by atoms with van der Waals surface area (Å²) < 4.78 is 43.7. The van der Waals surface area contributed by atoms with Gasteiger partial charge in [0.05, 0.1) is 11.0 Å². The van der Waals surface area contributed by atoms with Crippen molar-refractivity contribution in [1.82, 2.24) is 14.9 Å². The molecule has 0 saturated heterocycles. The number of benzene rings is 1. The summed E-state index contributed by atoms with van der Waals surface area (Å²) >= 11 is 0. The third kappa shape index (κ3) is 2.98. The van der Waals surface area contributed by atoms with Crippen LogP contribution in [0.4, 0.5) is 19.1 Å². The molecule has 4 rings (SSSR count). The Bertz CT molecular complexity index is 992. The standard InChI is InChI=1S/C20H23F3N4O2/c1-11-7-9-14-16(12(11)2)24-18-25-17(29)19(27(14)18,20(21,22)23)26-15(28)10-8-13-5-3-4-6-13/h7,9,13H,3-6,8,10H2,1-2H3,(H,26,28)(H,24,25,29). The third-order valence-corrected chi connectivity index (χ3v) is 6.23. The molecule has 0 spiro atoms. The molecule has 1 aromatic heterocycles. The highest BCUT2D eigenvalue weighted by Crippen LogP contribution is 2.44. The molecule has 29 heavy (non-hydrogen) atoms. The lowest BCUT2D eigenvalue weighted by Crippen LogP contribution is -2.63. The summed E-state index contributed by atoms with van der Waals surface area (Å²) in [4.78, 5) is 29.3. The zero-order valence-electron chi connectivity index (χ0n) is 16.3. The summed E-state index contributed by atoms with van der Waals surface area (Å²) in [5.74, 6) is -1.99. The topological polar surface area (TPSA) is 76.0 Å². The molecule has 6 nitrogen and oxygen atoms in total. The number of nitrogens with zero attached hydrogens (tertiary/aromatic N) is 2. The van der Waals surface area contributed by atoms with E-state index in [-0.39, 0.29) is 17.9 Å². The number of halogens is 3. The number of amides is 2. The maximum atomic E-state index is 14.3. The number of alkyl halides is 3. The molecule has 1 atom stereocenters. The molecule has 2 aromatic rings. The van der Waals surface area contributed by atoms with Crippen LogP contribution in [0.15, 0.2) is 12.1 Å². The molecule has 2 amide bonds. The average Bonchev–Trinajstić information content (AvgIpc) is 3.33. The van der Waals surface area contributed by atoms with Gasteiger partial charge < -0.3 is 5.32 Å². The Morgan fingerprint density at radius 3 is 2.66 bits per heavy atom. The summed E-state index contributed by atoms with van der Waals surface area (Å²) in [6.45, 7) is 3.59. The highest BCUT2D eigenvalue weighted by atomic mass is 19.4. The molecule has 1 fully saturated rings. The van der Waals surface area contributed by atoms with Crippen LogP contribution in [0.3, 0.4) is 0 Å². The van der Waals surface area contributed by atoms with E-state index in [1.165, 1.54) is 6.07 Å². The number of imidazole rings is 1. The van der Waals surface area contributed by atoms with Crippen molar-refractivity contribution < 1.29 is 22.8 Å². The minimum atomic E-state index is -5.04. The number of hydrogen-bond donors (Lipinski definition) is 2. The van der Waals surface area contributed by atoms with Crippen molar-refractivity contribution >= 4 is 28.8 Å². The van der Waals surface area contributed by atoms with Crippen molar-refractivity contribution in [3.05, 3.63) is 23.3 Å². The molecule has 1 unspecified atom stereocenters. The van der Waals surface area contributed by atoms with Gasteiger partial charge in [-0.15, -0.1) is 0 Å². The fraction of sp³-hybridized carbons (Fsp3) is 0.550. The molecule has 2 N–H and O–H groups in total. The maximum absolute atomic E-state index is 14.3. The van der Waals surface area contributed by atoms with Crippen LogP contribution in [0, 0.1) is 19.8 Å². The number of aryl methyl sites for hydroxylation is 2. The molecule has 0 radical (unpaired) electrons. The van der Waals surface area contributed by atoms with Crippen molar-refractivity contribution in [3.63, 3.8) is 0 Å². The van der Waals surface area contributed by atoms with Crippen LogP contribution in [-0.2, 0) is 15.3 Å². The Morgan fingerprint density at radius 2 is 2.00 bits per heavy atom. The van der Waals surface area contributed by atoms with Crippen molar-refractivity contribution in [2.24, 2.45) is 5.92 Å². The summed E-state index contributed by atoms with van der Waals surface area (Å²) in [7, 11) is 0. The van der Waals surface area contributed by atoms with Crippen LogP contribution in [0.1, 0.15) is 49.7 Å². The lowest BCUT2D eigenvalue weighted by Gasteiger charge is -2.32. The van der Waals surface area contributed by atoms with Gasteiger partial charge in [0.25, 0.3) is 11.6 Å². The van der Waals surface area contributed by atoms with Gasteiger partial charge in [-0.05, 0) is 43.4 Å². The lowest BCUT2D eigenvalue weighted by atomic mass is 10.0. The van der Waals surface area contributed by atoms with E-state index in [0.717, 1.165) is 41.4 Å². The van der Waals surface area contributed by atoms with Crippen molar-refractivity contribution in [3.8, 4) is 0 Å². The first kappa shape index (κ1) is 19.7. The van der Waals surface area contributed by atoms with Crippen molar-refractivity contribution in [2.75, 3.05) is 5.32 Å². The quantitative estimate of drug-likeness (QED) is 0.806. The van der Waals surface area contributed by atoms with Gasteiger partial charge >= 0.3 is 6.18 Å². The molecule has 1 aromatic carbocycles. The van der Waals surface area contributed by atoms with Crippen LogP contribution in [0.2, 0.25) is 0 Å². The molecule has 1 aliphatic heterocycles. The number of carbonyl (C=O) groups is 2. The second-order valence-electron chi connectivity index (χ2n) is 8.05. The smallest absolute Gasteiger partial charge is 0.317 e.